The molecule has 0 aliphatic rings. The number of rotatable bonds is 3. The summed E-state index contributed by atoms with van der Waals surface area (Å²) in [5, 5.41) is 3.55. The smallest absolute Gasteiger partial charge is 0.360 e. The second-order valence-electron chi connectivity index (χ2n) is 2.35. The van der Waals surface area contributed by atoms with Gasteiger partial charge in [0, 0.05) is 7.05 Å². The second-order valence-corrected chi connectivity index (χ2v) is 3.18. The third-order valence-corrected chi connectivity index (χ3v) is 2.19. The highest BCUT2D eigenvalue weighted by atomic mass is 32.2. The summed E-state index contributed by atoms with van der Waals surface area (Å²) < 4.78 is 4.56. The molecule has 0 saturated heterocycles. The molecule has 1 heterocycles. The van der Waals surface area contributed by atoms with Crippen molar-refractivity contribution in [3.05, 3.63) is 11.9 Å². The molecule has 0 aliphatic carbocycles. The van der Waals surface area contributed by atoms with Crippen LogP contribution in [0.15, 0.2) is 11.2 Å². The number of thioether (sulfide) groups is 1. The number of hydrogen-bond acceptors (Lipinski definition) is 6. The highest BCUT2D eigenvalue weighted by Crippen LogP contribution is 2.16. The van der Waals surface area contributed by atoms with Crippen molar-refractivity contribution in [2.45, 2.75) is 5.03 Å². The lowest BCUT2D eigenvalue weighted by atomic mass is 10.4. The monoisotopic (exact) mass is 213 g/mol. The maximum absolute atomic E-state index is 11.2. The molecule has 6 heteroatoms. The number of ether oxygens (including phenoxy) is 1. The fourth-order valence-electron chi connectivity index (χ4n) is 0.892. The van der Waals surface area contributed by atoms with Gasteiger partial charge in [0.05, 0.1) is 13.3 Å². The van der Waals surface area contributed by atoms with Crippen molar-refractivity contribution in [2.75, 3.05) is 25.7 Å². The molecule has 0 unspecified atom stereocenters. The zero-order chi connectivity index (χ0) is 10.6. The number of methoxy groups -OCH3 is 1. The Bertz CT molecular complexity index is 343. The van der Waals surface area contributed by atoms with Crippen molar-refractivity contribution in [1.82, 2.24) is 9.97 Å². The van der Waals surface area contributed by atoms with E-state index in [9.17, 15) is 4.79 Å². The van der Waals surface area contributed by atoms with E-state index in [2.05, 4.69) is 20.0 Å². The summed E-state index contributed by atoms with van der Waals surface area (Å²) in [4.78, 5) is 19.4. The lowest BCUT2D eigenvalue weighted by Gasteiger charge is -2.05. The summed E-state index contributed by atoms with van der Waals surface area (Å²) in [5.41, 5.74) is 0.202. The van der Waals surface area contributed by atoms with Crippen LogP contribution in [-0.4, -0.2) is 36.4 Å². The van der Waals surface area contributed by atoms with Crippen LogP contribution in [0, 0.1) is 0 Å². The van der Waals surface area contributed by atoms with Crippen molar-refractivity contribution < 1.29 is 9.53 Å². The Hall–Kier alpha value is -1.30. The normalized spacial score (nSPS) is 9.64. The van der Waals surface area contributed by atoms with E-state index in [0.29, 0.717) is 5.82 Å². The molecule has 0 radical (unpaired) electrons. The number of esters is 1. The van der Waals surface area contributed by atoms with Crippen molar-refractivity contribution in [3.8, 4) is 0 Å². The Morgan fingerprint density at radius 1 is 1.64 bits per heavy atom. The zero-order valence-corrected chi connectivity index (χ0v) is 9.01. The molecular weight excluding hydrogens is 202 g/mol. The first-order valence-electron chi connectivity index (χ1n) is 3.90. The predicted octanol–water partition coefficient (Wildman–Crippen LogP) is 1.03. The average Bonchev–Trinajstić information content (AvgIpc) is 2.27. The van der Waals surface area contributed by atoms with Crippen molar-refractivity contribution in [1.29, 1.82) is 0 Å². The Balaban J connectivity index is 3.11. The molecule has 1 aromatic rings. The minimum Gasteiger partial charge on any atom is -0.464 e. The molecule has 0 amide bonds. The van der Waals surface area contributed by atoms with Crippen LogP contribution in [0.2, 0.25) is 0 Å². The Labute approximate surface area is 86.3 Å². The summed E-state index contributed by atoms with van der Waals surface area (Å²) in [5.74, 6) is -0.0572. The van der Waals surface area contributed by atoms with Gasteiger partial charge in [-0.05, 0) is 6.26 Å². The molecular formula is C8H11N3O2S. The molecule has 76 valence electrons. The largest absolute Gasteiger partial charge is 0.464 e. The van der Waals surface area contributed by atoms with Crippen molar-refractivity contribution >= 4 is 23.5 Å². The van der Waals surface area contributed by atoms with Crippen molar-refractivity contribution in [2.24, 2.45) is 0 Å². The van der Waals surface area contributed by atoms with Crippen LogP contribution in [0.1, 0.15) is 10.5 Å². The Kier molecular flexibility index (Phi) is 3.70. The van der Waals surface area contributed by atoms with Gasteiger partial charge in [-0.2, -0.15) is 0 Å². The van der Waals surface area contributed by atoms with E-state index in [-0.39, 0.29) is 5.69 Å². The maximum atomic E-state index is 11.2. The van der Waals surface area contributed by atoms with Crippen molar-refractivity contribution in [3.63, 3.8) is 0 Å². The van der Waals surface area contributed by atoms with E-state index >= 15 is 0 Å². The molecule has 0 atom stereocenters. The number of hydrogen-bond donors (Lipinski definition) is 1. The van der Waals surface area contributed by atoms with Gasteiger partial charge in [-0.15, -0.1) is 11.8 Å². The van der Waals surface area contributed by atoms with E-state index in [4.69, 9.17) is 0 Å². The minimum atomic E-state index is -0.491. The van der Waals surface area contributed by atoms with Crippen LogP contribution in [0.3, 0.4) is 0 Å². The van der Waals surface area contributed by atoms with Crippen LogP contribution in [0.25, 0.3) is 0 Å². The summed E-state index contributed by atoms with van der Waals surface area (Å²) >= 11 is 1.46. The van der Waals surface area contributed by atoms with Crippen LogP contribution in [0.5, 0.6) is 0 Å². The first-order valence-corrected chi connectivity index (χ1v) is 5.12. The van der Waals surface area contributed by atoms with Crippen LogP contribution >= 0.6 is 11.8 Å². The van der Waals surface area contributed by atoms with E-state index in [0.717, 1.165) is 5.03 Å². The third-order valence-electron chi connectivity index (χ3n) is 1.58. The second kappa shape index (κ2) is 4.80. The number of anilines is 1. The van der Waals surface area contributed by atoms with Gasteiger partial charge >= 0.3 is 5.97 Å². The molecule has 1 rings (SSSR count). The van der Waals surface area contributed by atoms with Gasteiger partial charge in [0.1, 0.15) is 5.03 Å². The zero-order valence-electron chi connectivity index (χ0n) is 8.20. The highest BCUT2D eigenvalue weighted by Gasteiger charge is 2.14. The SMILES string of the molecule is CNc1nc(SC)cnc1C(=O)OC. The van der Waals surface area contributed by atoms with Gasteiger partial charge < -0.3 is 10.1 Å². The Morgan fingerprint density at radius 2 is 2.36 bits per heavy atom. The van der Waals surface area contributed by atoms with E-state index in [1.807, 2.05) is 6.26 Å². The number of nitrogens with zero attached hydrogens (tertiary/aromatic N) is 2. The van der Waals surface area contributed by atoms with Crippen LogP contribution in [-0.2, 0) is 4.74 Å². The fourth-order valence-corrected chi connectivity index (χ4v) is 1.23. The van der Waals surface area contributed by atoms with E-state index in [1.54, 1.807) is 7.05 Å². The molecule has 0 aliphatic heterocycles. The molecule has 1 aromatic heterocycles. The fraction of sp³-hybridized carbons (Fsp3) is 0.375. The van der Waals surface area contributed by atoms with Gasteiger partial charge in [-0.25, -0.2) is 14.8 Å². The van der Waals surface area contributed by atoms with E-state index < -0.39 is 5.97 Å². The summed E-state index contributed by atoms with van der Waals surface area (Å²) in [7, 11) is 2.99. The molecule has 0 fully saturated rings. The molecule has 0 saturated carbocycles. The topological polar surface area (TPSA) is 64.1 Å². The summed E-state index contributed by atoms with van der Waals surface area (Å²) in [6, 6.07) is 0. The average molecular weight is 213 g/mol. The third kappa shape index (κ3) is 2.14. The molecule has 0 spiro atoms. The number of carbonyl (C=O) groups excluding carboxylic acids is 1. The number of nitrogens with one attached hydrogen (secondary N) is 1. The summed E-state index contributed by atoms with van der Waals surface area (Å²) in [6.45, 7) is 0. The quantitative estimate of drug-likeness (QED) is 0.597. The molecule has 0 aromatic carbocycles. The maximum Gasteiger partial charge on any atom is 0.360 e. The van der Waals surface area contributed by atoms with Crippen LogP contribution in [0.4, 0.5) is 5.82 Å². The standard InChI is InChI=1S/C8H11N3O2S/c1-9-7-6(8(12)13-2)10-4-5(11-7)14-3/h4H,1-3H3,(H,9,11). The number of carbonyl (C=O) groups is 1. The van der Waals surface area contributed by atoms with E-state index in [1.165, 1.54) is 25.1 Å². The lowest BCUT2D eigenvalue weighted by molar-refractivity contribution is 0.0594. The highest BCUT2D eigenvalue weighted by molar-refractivity contribution is 7.98. The van der Waals surface area contributed by atoms with Gasteiger partial charge in [0.25, 0.3) is 0 Å². The predicted molar refractivity (Wildman–Crippen MR) is 54.7 cm³/mol. The van der Waals surface area contributed by atoms with Crippen LogP contribution < -0.4 is 5.32 Å². The molecule has 14 heavy (non-hydrogen) atoms. The number of aromatic nitrogens is 2. The Morgan fingerprint density at radius 3 is 2.86 bits per heavy atom. The van der Waals surface area contributed by atoms with Gasteiger partial charge in [0.15, 0.2) is 11.5 Å². The summed E-state index contributed by atoms with van der Waals surface area (Å²) in [6.07, 6.45) is 3.43. The minimum absolute atomic E-state index is 0.202. The van der Waals surface area contributed by atoms with Gasteiger partial charge in [-0.3, -0.25) is 0 Å². The molecule has 1 N–H and O–H groups in total. The molecule has 5 nitrogen and oxygen atoms in total. The van der Waals surface area contributed by atoms with Gasteiger partial charge in [0.2, 0.25) is 0 Å². The first-order chi connectivity index (χ1) is 6.72. The first kappa shape index (κ1) is 10.8. The molecule has 0 bridgehead atoms. The lowest BCUT2D eigenvalue weighted by Crippen LogP contribution is -2.10. The van der Waals surface area contributed by atoms with Gasteiger partial charge in [-0.1, -0.05) is 0 Å².